The number of halogens is 1. The van der Waals surface area contributed by atoms with E-state index in [2.05, 4.69) is 0 Å². The standard InChI is InChI=1S/CH2O3.Ca.ClH.Na.H2O4S/c2-1(3)4;;;;1-5(2,3)4/h(H2,2,3,4);;1H;;(H2,1,2,3,4)/q;+2;;+1;/p-3. The van der Waals surface area contributed by atoms with E-state index in [0.717, 1.165) is 0 Å². The van der Waals surface area contributed by atoms with Gasteiger partial charge in [-0.1, -0.05) is 0 Å². The van der Waals surface area contributed by atoms with Crippen molar-refractivity contribution < 1.29 is 74.5 Å². The molecular weight excluding hydrogens is 255 g/mol. The van der Waals surface area contributed by atoms with Gasteiger partial charge < -0.3 is 32.0 Å². The van der Waals surface area contributed by atoms with Crippen LogP contribution in [0, 0.1) is 0 Å². The summed E-state index contributed by atoms with van der Waals surface area (Å²) >= 11 is 0. The Bertz CT molecular complexity index is 166. The van der Waals surface area contributed by atoms with Gasteiger partial charge in [-0.15, -0.1) is 0 Å². The van der Waals surface area contributed by atoms with E-state index in [1.54, 1.807) is 0 Å². The van der Waals surface area contributed by atoms with Crippen LogP contribution in [0.2, 0.25) is 0 Å². The number of carboxylic acid groups (broad SMARTS) is 2. The molecule has 0 aromatic rings. The van der Waals surface area contributed by atoms with E-state index in [1.807, 2.05) is 0 Å². The van der Waals surface area contributed by atoms with Crippen molar-refractivity contribution in [2.24, 2.45) is 0 Å². The fourth-order valence-corrected chi connectivity index (χ4v) is 0. The number of hydrogen-bond acceptors (Lipinski definition) is 5. The van der Waals surface area contributed by atoms with Gasteiger partial charge in [0.2, 0.25) is 16.6 Å². The zero-order chi connectivity index (χ0) is 8.08. The first-order chi connectivity index (χ1) is 3.73. The van der Waals surface area contributed by atoms with Crippen LogP contribution >= 0.6 is 0 Å². The van der Waals surface area contributed by atoms with Gasteiger partial charge in [0.05, 0.1) is 0 Å². The SMILES string of the molecule is O=C([O-])O.O=S(=O)([O-])O.[Ca+2].[Cl-].[Na+]. The number of rotatable bonds is 0. The molecular formula is CH2CaClNaO7S. The summed E-state index contributed by atoms with van der Waals surface area (Å²) < 4.78 is 32.8. The Morgan fingerprint density at radius 2 is 1.33 bits per heavy atom. The third kappa shape index (κ3) is 468. The molecule has 0 atom stereocenters. The Balaban J connectivity index is -0.0000000221. The van der Waals surface area contributed by atoms with Gasteiger partial charge in [-0.05, 0) is 0 Å². The fourth-order valence-electron chi connectivity index (χ4n) is 0. The third-order valence-corrected chi connectivity index (χ3v) is 0. The Hall–Kier alpha value is 1.69. The largest absolute Gasteiger partial charge is 2.00 e. The molecule has 0 aliphatic rings. The minimum atomic E-state index is -4.92. The molecule has 0 saturated carbocycles. The normalized spacial score (nSPS) is 6.83. The first-order valence-corrected chi connectivity index (χ1v) is 2.68. The van der Waals surface area contributed by atoms with Crippen LogP contribution in [0.1, 0.15) is 0 Å². The molecule has 0 fully saturated rings. The van der Waals surface area contributed by atoms with Crippen LogP contribution in [0.3, 0.4) is 0 Å². The van der Waals surface area contributed by atoms with E-state index in [-0.39, 0.29) is 79.7 Å². The maximum absolute atomic E-state index is 8.63. The van der Waals surface area contributed by atoms with E-state index >= 15 is 0 Å². The van der Waals surface area contributed by atoms with E-state index < -0.39 is 16.6 Å². The second-order valence-electron chi connectivity index (χ2n) is 0.694. The van der Waals surface area contributed by atoms with Crippen molar-refractivity contribution in [3.63, 3.8) is 0 Å². The van der Waals surface area contributed by atoms with Gasteiger partial charge in [0.1, 0.15) is 0 Å². The summed E-state index contributed by atoms with van der Waals surface area (Å²) in [6, 6.07) is 0. The molecule has 0 aromatic heterocycles. The van der Waals surface area contributed by atoms with Crippen molar-refractivity contribution >= 4 is 54.3 Å². The van der Waals surface area contributed by atoms with E-state index in [1.165, 1.54) is 0 Å². The molecule has 12 heavy (non-hydrogen) atoms. The molecule has 64 valence electrons. The zero-order valence-corrected chi connectivity index (χ0v) is 11.7. The van der Waals surface area contributed by atoms with Crippen LogP contribution in [0.4, 0.5) is 4.79 Å². The minimum absolute atomic E-state index is 0. The summed E-state index contributed by atoms with van der Waals surface area (Å²) in [5, 5.41) is 15.3. The Kier molecular flexibility index (Phi) is 36.9. The summed E-state index contributed by atoms with van der Waals surface area (Å²) in [6.07, 6.45) is -2.08. The molecule has 0 aliphatic carbocycles. The maximum atomic E-state index is 8.63. The van der Waals surface area contributed by atoms with Crippen LogP contribution in [-0.2, 0) is 10.4 Å². The summed E-state index contributed by atoms with van der Waals surface area (Å²) in [6.45, 7) is 0. The van der Waals surface area contributed by atoms with Gasteiger partial charge in [0, 0.05) is 0 Å². The first kappa shape index (κ1) is 29.2. The van der Waals surface area contributed by atoms with Gasteiger partial charge in [-0.2, -0.15) is 0 Å². The van der Waals surface area contributed by atoms with Crippen molar-refractivity contribution in [3.8, 4) is 0 Å². The molecule has 0 radical (unpaired) electrons. The average molecular weight is 257 g/mol. The van der Waals surface area contributed by atoms with Gasteiger partial charge in [-0.3, -0.25) is 4.55 Å². The van der Waals surface area contributed by atoms with E-state index in [4.69, 9.17) is 32.5 Å². The summed E-state index contributed by atoms with van der Waals surface area (Å²) in [5.74, 6) is 0. The third-order valence-electron chi connectivity index (χ3n) is 0. The second-order valence-corrected chi connectivity index (χ2v) is 1.55. The van der Waals surface area contributed by atoms with Crippen molar-refractivity contribution in [2.45, 2.75) is 0 Å². The van der Waals surface area contributed by atoms with Crippen LogP contribution in [0.25, 0.3) is 0 Å². The van der Waals surface area contributed by atoms with Crippen molar-refractivity contribution in [1.29, 1.82) is 0 Å². The molecule has 0 bridgehead atoms. The Morgan fingerprint density at radius 1 is 1.33 bits per heavy atom. The van der Waals surface area contributed by atoms with E-state index in [9.17, 15) is 0 Å². The van der Waals surface area contributed by atoms with Gasteiger partial charge in [-0.25, -0.2) is 8.42 Å². The molecule has 0 aromatic carbocycles. The van der Waals surface area contributed by atoms with Gasteiger partial charge in [0.15, 0.2) is 0 Å². The van der Waals surface area contributed by atoms with Crippen LogP contribution in [0.5, 0.6) is 0 Å². The van der Waals surface area contributed by atoms with Crippen molar-refractivity contribution in [3.05, 3.63) is 0 Å². The molecule has 11 heteroatoms. The smallest absolute Gasteiger partial charge is 1.00 e. The summed E-state index contributed by atoms with van der Waals surface area (Å²) in [4.78, 5) is 8.44. The van der Waals surface area contributed by atoms with Crippen LogP contribution < -0.4 is 47.1 Å². The predicted molar refractivity (Wildman–Crippen MR) is 26.1 cm³/mol. The van der Waals surface area contributed by atoms with Gasteiger partial charge in [0.25, 0.3) is 0 Å². The van der Waals surface area contributed by atoms with Crippen molar-refractivity contribution in [1.82, 2.24) is 0 Å². The molecule has 7 nitrogen and oxygen atoms in total. The Labute approximate surface area is 127 Å². The molecule has 0 unspecified atom stereocenters. The van der Waals surface area contributed by atoms with E-state index in [0.29, 0.717) is 0 Å². The number of hydrogen-bond donors (Lipinski definition) is 2. The minimum Gasteiger partial charge on any atom is -1.00 e. The first-order valence-electron chi connectivity index (χ1n) is 1.31. The molecule has 0 saturated heterocycles. The topological polar surface area (TPSA) is 138 Å². The van der Waals surface area contributed by atoms with Gasteiger partial charge >= 0.3 is 67.3 Å². The van der Waals surface area contributed by atoms with Crippen molar-refractivity contribution in [2.75, 3.05) is 0 Å². The summed E-state index contributed by atoms with van der Waals surface area (Å²) in [5.41, 5.74) is 0. The Morgan fingerprint density at radius 3 is 1.33 bits per heavy atom. The predicted octanol–water partition coefficient (Wildman–Crippen LogP) is -8.48. The fraction of sp³-hybridized carbons (Fsp3) is 0. The monoisotopic (exact) mass is 256 g/mol. The molecule has 0 aliphatic heterocycles. The molecule has 0 spiro atoms. The maximum Gasteiger partial charge on any atom is 2.00 e. The van der Waals surface area contributed by atoms with Crippen LogP contribution in [-0.4, -0.2) is 66.5 Å². The molecule has 2 N–H and O–H groups in total. The quantitative estimate of drug-likeness (QED) is 0.249. The molecule has 0 rings (SSSR count). The second kappa shape index (κ2) is 15.2. The summed E-state index contributed by atoms with van der Waals surface area (Å²) in [7, 11) is -4.92. The van der Waals surface area contributed by atoms with Crippen LogP contribution in [0.15, 0.2) is 0 Å². The molecule has 0 heterocycles. The number of carbonyl (C=O) groups is 1. The molecule has 0 amide bonds. The average Bonchev–Trinajstić information content (AvgIpc) is 1.19. The zero-order valence-electron chi connectivity index (χ0n) is 5.93.